The topological polar surface area (TPSA) is 40.6 Å². The molecule has 0 aliphatic carbocycles. The molecule has 1 heterocycles. The van der Waals surface area contributed by atoms with Crippen LogP contribution < -0.4 is 0 Å². The molecule has 27 heavy (non-hydrogen) atoms. The summed E-state index contributed by atoms with van der Waals surface area (Å²) in [4.78, 5) is 2.30. The van der Waals surface area contributed by atoms with E-state index >= 15 is 0 Å². The fourth-order valence-corrected chi connectivity index (χ4v) is 4.81. The maximum atomic E-state index is 12.6. The van der Waals surface area contributed by atoms with Crippen molar-refractivity contribution in [2.75, 3.05) is 38.5 Å². The first kappa shape index (κ1) is 19.8. The molecule has 0 N–H and O–H groups in total. The van der Waals surface area contributed by atoms with Gasteiger partial charge in [0.05, 0.1) is 5.75 Å². The van der Waals surface area contributed by atoms with Gasteiger partial charge < -0.3 is 0 Å². The lowest BCUT2D eigenvalue weighted by Gasteiger charge is -2.33. The molecule has 3 rings (SSSR count). The van der Waals surface area contributed by atoms with E-state index in [2.05, 4.69) is 29.2 Å². The highest BCUT2D eigenvalue weighted by molar-refractivity contribution is 7.89. The lowest BCUT2D eigenvalue weighted by Crippen LogP contribution is -2.49. The van der Waals surface area contributed by atoms with Gasteiger partial charge in [-0.05, 0) is 24.0 Å². The van der Waals surface area contributed by atoms with Crippen molar-refractivity contribution in [3.05, 3.63) is 77.9 Å². The normalized spacial score (nSPS) is 16.7. The molecule has 0 bridgehead atoms. The van der Waals surface area contributed by atoms with Crippen molar-refractivity contribution >= 4 is 16.1 Å². The number of hydrogen-bond donors (Lipinski definition) is 0. The summed E-state index contributed by atoms with van der Waals surface area (Å²) >= 11 is 0. The molecule has 0 saturated carbocycles. The molecule has 4 nitrogen and oxygen atoms in total. The van der Waals surface area contributed by atoms with Crippen molar-refractivity contribution in [2.24, 2.45) is 0 Å². The van der Waals surface area contributed by atoms with E-state index in [0.717, 1.165) is 26.1 Å². The molecule has 0 spiro atoms. The Labute approximate surface area is 163 Å². The second kappa shape index (κ2) is 9.83. The van der Waals surface area contributed by atoms with Crippen molar-refractivity contribution in [1.29, 1.82) is 0 Å². The van der Waals surface area contributed by atoms with Gasteiger partial charge in [-0.25, -0.2) is 8.42 Å². The number of sulfonamides is 1. The summed E-state index contributed by atoms with van der Waals surface area (Å²) in [5.41, 5.74) is 2.39. The first-order valence-electron chi connectivity index (χ1n) is 9.59. The van der Waals surface area contributed by atoms with Gasteiger partial charge in [-0.3, -0.25) is 4.90 Å². The summed E-state index contributed by atoms with van der Waals surface area (Å²) in [6.07, 6.45) is 5.75. The van der Waals surface area contributed by atoms with Crippen LogP contribution in [0, 0.1) is 0 Å². The van der Waals surface area contributed by atoms with E-state index in [1.807, 2.05) is 48.5 Å². The zero-order chi connectivity index (χ0) is 19.0. The summed E-state index contributed by atoms with van der Waals surface area (Å²) in [5, 5.41) is 0. The van der Waals surface area contributed by atoms with Crippen LogP contribution in [-0.2, 0) is 16.4 Å². The zero-order valence-corrected chi connectivity index (χ0v) is 16.5. The van der Waals surface area contributed by atoms with Crippen LogP contribution in [0.5, 0.6) is 0 Å². The van der Waals surface area contributed by atoms with Gasteiger partial charge in [-0.1, -0.05) is 72.8 Å². The predicted molar refractivity (Wildman–Crippen MR) is 112 cm³/mol. The van der Waals surface area contributed by atoms with Gasteiger partial charge in [0.2, 0.25) is 10.0 Å². The SMILES string of the molecule is O=S(=O)(CCCc1ccccc1)N1CCN(C/C=C/c2ccccc2)CC1. The van der Waals surface area contributed by atoms with E-state index in [9.17, 15) is 8.42 Å². The molecule has 0 unspecified atom stereocenters. The maximum Gasteiger partial charge on any atom is 0.214 e. The fraction of sp³-hybridized carbons (Fsp3) is 0.364. The van der Waals surface area contributed by atoms with E-state index in [1.54, 1.807) is 4.31 Å². The lowest BCUT2D eigenvalue weighted by atomic mass is 10.1. The van der Waals surface area contributed by atoms with E-state index < -0.39 is 10.0 Å². The van der Waals surface area contributed by atoms with E-state index in [0.29, 0.717) is 19.5 Å². The molecule has 2 aromatic rings. The first-order valence-corrected chi connectivity index (χ1v) is 11.2. The molecular formula is C22H28N2O2S. The summed E-state index contributed by atoms with van der Waals surface area (Å²) in [5.74, 6) is 0.232. The highest BCUT2D eigenvalue weighted by Gasteiger charge is 2.25. The Hall–Kier alpha value is -1.95. The van der Waals surface area contributed by atoms with Crippen LogP contribution in [0.3, 0.4) is 0 Å². The Bertz CT molecular complexity index is 812. The Balaban J connectivity index is 1.40. The number of hydrogen-bond acceptors (Lipinski definition) is 3. The van der Waals surface area contributed by atoms with Crippen LogP contribution in [0.2, 0.25) is 0 Å². The number of benzene rings is 2. The molecule has 144 valence electrons. The quantitative estimate of drug-likeness (QED) is 0.701. The average Bonchev–Trinajstić information content (AvgIpc) is 2.70. The Morgan fingerprint density at radius 3 is 2.15 bits per heavy atom. The molecule has 0 amide bonds. The van der Waals surface area contributed by atoms with E-state index in [1.165, 1.54) is 11.1 Å². The summed E-state index contributed by atoms with van der Waals surface area (Å²) < 4.78 is 26.8. The number of aryl methyl sites for hydroxylation is 1. The molecule has 5 heteroatoms. The van der Waals surface area contributed by atoms with Crippen molar-refractivity contribution in [3.63, 3.8) is 0 Å². The standard InChI is InChI=1S/C22H28N2O2S/c25-27(26,20-8-14-22-11-5-2-6-12-22)24-18-16-23(17-19-24)15-7-13-21-9-3-1-4-10-21/h1-7,9-13H,8,14-20H2/b13-7+. The average molecular weight is 385 g/mol. The zero-order valence-electron chi connectivity index (χ0n) is 15.7. The van der Waals surface area contributed by atoms with Crippen molar-refractivity contribution in [3.8, 4) is 0 Å². The molecule has 2 aromatic carbocycles. The third-order valence-corrected chi connectivity index (χ3v) is 6.87. The van der Waals surface area contributed by atoms with Gasteiger partial charge in [0.15, 0.2) is 0 Å². The first-order chi connectivity index (χ1) is 13.1. The van der Waals surface area contributed by atoms with Gasteiger partial charge in [0.1, 0.15) is 0 Å². The van der Waals surface area contributed by atoms with Crippen molar-refractivity contribution < 1.29 is 8.42 Å². The monoisotopic (exact) mass is 384 g/mol. The van der Waals surface area contributed by atoms with Gasteiger partial charge >= 0.3 is 0 Å². The molecule has 0 radical (unpaired) electrons. The molecule has 1 aliphatic heterocycles. The minimum absolute atomic E-state index is 0.232. The molecule has 0 aromatic heterocycles. The molecular weight excluding hydrogens is 356 g/mol. The minimum atomic E-state index is -3.15. The minimum Gasteiger partial charge on any atom is -0.297 e. The molecule has 0 atom stereocenters. The Morgan fingerprint density at radius 1 is 0.852 bits per heavy atom. The van der Waals surface area contributed by atoms with E-state index in [-0.39, 0.29) is 5.75 Å². The number of nitrogens with zero attached hydrogens (tertiary/aromatic N) is 2. The summed E-state index contributed by atoms with van der Waals surface area (Å²) in [6, 6.07) is 20.3. The van der Waals surface area contributed by atoms with Gasteiger partial charge in [0, 0.05) is 32.7 Å². The molecule has 1 fully saturated rings. The fourth-order valence-electron chi connectivity index (χ4n) is 3.32. The predicted octanol–water partition coefficient (Wildman–Crippen LogP) is 3.28. The van der Waals surface area contributed by atoms with Crippen LogP contribution in [0.15, 0.2) is 66.7 Å². The van der Waals surface area contributed by atoms with Gasteiger partial charge in [-0.15, -0.1) is 0 Å². The summed E-state index contributed by atoms with van der Waals surface area (Å²) in [7, 11) is -3.15. The van der Waals surface area contributed by atoms with Crippen molar-refractivity contribution in [2.45, 2.75) is 12.8 Å². The van der Waals surface area contributed by atoms with Crippen LogP contribution in [0.4, 0.5) is 0 Å². The lowest BCUT2D eigenvalue weighted by molar-refractivity contribution is 0.204. The number of piperazine rings is 1. The highest BCUT2D eigenvalue weighted by Crippen LogP contribution is 2.11. The number of rotatable bonds is 8. The summed E-state index contributed by atoms with van der Waals surface area (Å²) in [6.45, 7) is 3.62. The Morgan fingerprint density at radius 2 is 1.48 bits per heavy atom. The third-order valence-electron chi connectivity index (χ3n) is 4.91. The Kier molecular flexibility index (Phi) is 7.21. The van der Waals surface area contributed by atoms with Crippen LogP contribution in [0.25, 0.3) is 6.08 Å². The smallest absolute Gasteiger partial charge is 0.214 e. The van der Waals surface area contributed by atoms with Crippen molar-refractivity contribution in [1.82, 2.24) is 9.21 Å². The van der Waals surface area contributed by atoms with Gasteiger partial charge in [0.25, 0.3) is 0 Å². The second-order valence-electron chi connectivity index (χ2n) is 6.92. The van der Waals surface area contributed by atoms with Crippen LogP contribution in [0.1, 0.15) is 17.5 Å². The van der Waals surface area contributed by atoms with E-state index in [4.69, 9.17) is 0 Å². The second-order valence-corrected chi connectivity index (χ2v) is 9.01. The van der Waals surface area contributed by atoms with Crippen LogP contribution >= 0.6 is 0 Å². The third kappa shape index (κ3) is 6.31. The highest BCUT2D eigenvalue weighted by atomic mass is 32.2. The van der Waals surface area contributed by atoms with Gasteiger partial charge in [-0.2, -0.15) is 4.31 Å². The van der Waals surface area contributed by atoms with Crippen LogP contribution in [-0.4, -0.2) is 56.1 Å². The largest absolute Gasteiger partial charge is 0.297 e. The maximum absolute atomic E-state index is 12.6. The molecule has 1 saturated heterocycles. The molecule has 1 aliphatic rings.